The van der Waals surface area contributed by atoms with Crippen LogP contribution in [0.15, 0.2) is 24.3 Å². The number of rotatable bonds is 6. The van der Waals surface area contributed by atoms with Crippen LogP contribution in [0.2, 0.25) is 0 Å². The molecular formula is C13H20N2O3. The van der Waals surface area contributed by atoms with Crippen LogP contribution >= 0.6 is 0 Å². The summed E-state index contributed by atoms with van der Waals surface area (Å²) in [6.07, 6.45) is -0.848. The predicted molar refractivity (Wildman–Crippen MR) is 70.4 cm³/mol. The second-order valence-corrected chi connectivity index (χ2v) is 4.32. The molecule has 1 aromatic carbocycles. The van der Waals surface area contributed by atoms with Gasteiger partial charge in [0, 0.05) is 12.2 Å². The largest absolute Gasteiger partial charge is 0.394 e. The quantitative estimate of drug-likeness (QED) is 0.585. The van der Waals surface area contributed by atoms with Gasteiger partial charge in [-0.1, -0.05) is 17.7 Å². The first kappa shape index (κ1) is 14.6. The summed E-state index contributed by atoms with van der Waals surface area (Å²) >= 11 is 0. The molecule has 18 heavy (non-hydrogen) atoms. The number of amides is 1. The van der Waals surface area contributed by atoms with Gasteiger partial charge in [-0.25, -0.2) is 0 Å². The molecule has 2 atom stereocenters. The first-order valence-electron chi connectivity index (χ1n) is 5.92. The monoisotopic (exact) mass is 252 g/mol. The smallest absolute Gasteiger partial charge is 0.241 e. The lowest BCUT2D eigenvalue weighted by Gasteiger charge is -2.16. The van der Waals surface area contributed by atoms with Gasteiger partial charge in [0.1, 0.15) is 0 Å². The van der Waals surface area contributed by atoms with Crippen molar-refractivity contribution in [2.75, 3.05) is 18.5 Å². The van der Waals surface area contributed by atoms with Crippen molar-refractivity contribution >= 4 is 11.6 Å². The van der Waals surface area contributed by atoms with Gasteiger partial charge >= 0.3 is 0 Å². The fraction of sp³-hybridized carbons (Fsp3) is 0.462. The average Bonchev–Trinajstić information content (AvgIpc) is 2.38. The highest BCUT2D eigenvalue weighted by molar-refractivity contribution is 5.94. The summed E-state index contributed by atoms with van der Waals surface area (Å²) < 4.78 is 0. The van der Waals surface area contributed by atoms with Crippen LogP contribution in [0.5, 0.6) is 0 Å². The SMILES string of the molecule is Cc1ccc(NC(=O)C(C)NCC(O)CO)cc1. The minimum absolute atomic E-state index is 0.177. The van der Waals surface area contributed by atoms with Crippen molar-refractivity contribution < 1.29 is 15.0 Å². The van der Waals surface area contributed by atoms with Crippen molar-refractivity contribution in [2.45, 2.75) is 26.0 Å². The molecule has 0 aliphatic carbocycles. The standard InChI is InChI=1S/C13H20N2O3/c1-9-3-5-11(6-4-9)15-13(18)10(2)14-7-12(17)8-16/h3-6,10,12,14,16-17H,7-8H2,1-2H3,(H,15,18). The molecule has 5 nitrogen and oxygen atoms in total. The summed E-state index contributed by atoms with van der Waals surface area (Å²) in [5.74, 6) is -0.177. The van der Waals surface area contributed by atoms with E-state index >= 15 is 0 Å². The Morgan fingerprint density at radius 3 is 2.50 bits per heavy atom. The molecule has 100 valence electrons. The number of carbonyl (C=O) groups excluding carboxylic acids is 1. The Hall–Kier alpha value is -1.43. The third-order valence-electron chi connectivity index (χ3n) is 2.58. The molecule has 0 saturated carbocycles. The highest BCUT2D eigenvalue weighted by atomic mass is 16.3. The third kappa shape index (κ3) is 4.83. The number of nitrogens with one attached hydrogen (secondary N) is 2. The maximum absolute atomic E-state index is 11.8. The Balaban J connectivity index is 2.42. The van der Waals surface area contributed by atoms with Gasteiger partial charge in [-0.15, -0.1) is 0 Å². The summed E-state index contributed by atoms with van der Waals surface area (Å²) in [6.45, 7) is 3.54. The van der Waals surface area contributed by atoms with Gasteiger partial charge < -0.3 is 20.8 Å². The van der Waals surface area contributed by atoms with Crippen LogP contribution < -0.4 is 10.6 Å². The molecule has 0 heterocycles. The molecule has 2 unspecified atom stereocenters. The lowest BCUT2D eigenvalue weighted by molar-refractivity contribution is -0.117. The van der Waals surface area contributed by atoms with Crippen LogP contribution in [0.3, 0.4) is 0 Å². The maximum Gasteiger partial charge on any atom is 0.241 e. The van der Waals surface area contributed by atoms with Crippen molar-refractivity contribution in [1.82, 2.24) is 5.32 Å². The van der Waals surface area contributed by atoms with Crippen LogP contribution in [-0.2, 0) is 4.79 Å². The number of aliphatic hydroxyl groups excluding tert-OH is 2. The van der Waals surface area contributed by atoms with Crippen LogP contribution in [0, 0.1) is 6.92 Å². The predicted octanol–water partition coefficient (Wildman–Crippen LogP) is 0.265. The van der Waals surface area contributed by atoms with E-state index in [2.05, 4.69) is 10.6 Å². The third-order valence-corrected chi connectivity index (χ3v) is 2.58. The van der Waals surface area contributed by atoms with Gasteiger partial charge in [-0.05, 0) is 26.0 Å². The second-order valence-electron chi connectivity index (χ2n) is 4.32. The number of hydrogen-bond donors (Lipinski definition) is 4. The van der Waals surface area contributed by atoms with Crippen molar-refractivity contribution in [3.8, 4) is 0 Å². The fourth-order valence-corrected chi connectivity index (χ4v) is 1.36. The second kappa shape index (κ2) is 7.10. The van der Waals surface area contributed by atoms with Crippen LogP contribution in [-0.4, -0.2) is 41.4 Å². The lowest BCUT2D eigenvalue weighted by atomic mass is 10.2. The highest BCUT2D eigenvalue weighted by Crippen LogP contribution is 2.08. The zero-order valence-electron chi connectivity index (χ0n) is 10.7. The number of hydrogen-bond acceptors (Lipinski definition) is 4. The van der Waals surface area contributed by atoms with Crippen LogP contribution in [0.25, 0.3) is 0 Å². The maximum atomic E-state index is 11.8. The van der Waals surface area contributed by atoms with E-state index in [1.54, 1.807) is 6.92 Å². The Morgan fingerprint density at radius 2 is 1.94 bits per heavy atom. The van der Waals surface area contributed by atoms with Gasteiger partial charge in [0.2, 0.25) is 5.91 Å². The molecule has 0 aliphatic rings. The van der Waals surface area contributed by atoms with E-state index in [9.17, 15) is 4.79 Å². The number of aryl methyl sites for hydroxylation is 1. The number of carbonyl (C=O) groups is 1. The first-order chi connectivity index (χ1) is 8.52. The van der Waals surface area contributed by atoms with E-state index in [-0.39, 0.29) is 19.1 Å². The normalized spacial score (nSPS) is 14.0. The molecule has 0 spiro atoms. The van der Waals surface area contributed by atoms with Gasteiger partial charge in [0.25, 0.3) is 0 Å². The van der Waals surface area contributed by atoms with Gasteiger partial charge in [0.15, 0.2) is 0 Å². The van der Waals surface area contributed by atoms with E-state index < -0.39 is 12.1 Å². The molecule has 1 amide bonds. The molecule has 0 fully saturated rings. The molecule has 0 aliphatic heterocycles. The van der Waals surface area contributed by atoms with E-state index in [1.165, 1.54) is 0 Å². The number of benzene rings is 1. The fourth-order valence-electron chi connectivity index (χ4n) is 1.36. The Labute approximate surface area is 107 Å². The first-order valence-corrected chi connectivity index (χ1v) is 5.92. The average molecular weight is 252 g/mol. The molecule has 0 radical (unpaired) electrons. The van der Waals surface area contributed by atoms with E-state index in [4.69, 9.17) is 10.2 Å². The van der Waals surface area contributed by atoms with E-state index in [1.807, 2.05) is 31.2 Å². The Bertz CT molecular complexity index is 378. The topological polar surface area (TPSA) is 81.6 Å². The van der Waals surface area contributed by atoms with Gasteiger partial charge in [0.05, 0.1) is 18.8 Å². The summed E-state index contributed by atoms with van der Waals surface area (Å²) in [4.78, 5) is 11.8. The van der Waals surface area contributed by atoms with Gasteiger partial charge in [-0.3, -0.25) is 4.79 Å². The zero-order valence-corrected chi connectivity index (χ0v) is 10.7. The van der Waals surface area contributed by atoms with E-state index in [0.717, 1.165) is 11.3 Å². The lowest BCUT2D eigenvalue weighted by Crippen LogP contribution is -2.42. The van der Waals surface area contributed by atoms with Crippen molar-refractivity contribution in [2.24, 2.45) is 0 Å². The number of anilines is 1. The summed E-state index contributed by atoms with van der Waals surface area (Å²) in [5, 5.41) is 23.4. The van der Waals surface area contributed by atoms with Crippen molar-refractivity contribution in [3.05, 3.63) is 29.8 Å². The minimum atomic E-state index is -0.848. The van der Waals surface area contributed by atoms with Crippen molar-refractivity contribution in [3.63, 3.8) is 0 Å². The molecule has 0 bridgehead atoms. The summed E-state index contributed by atoms with van der Waals surface area (Å²) in [7, 11) is 0. The molecular weight excluding hydrogens is 232 g/mol. The molecule has 0 aromatic heterocycles. The summed E-state index contributed by atoms with van der Waals surface area (Å²) in [5.41, 5.74) is 1.87. The van der Waals surface area contributed by atoms with E-state index in [0.29, 0.717) is 0 Å². The summed E-state index contributed by atoms with van der Waals surface area (Å²) in [6, 6.07) is 7.07. The molecule has 5 heteroatoms. The Kier molecular flexibility index (Phi) is 5.77. The van der Waals surface area contributed by atoms with Crippen LogP contribution in [0.1, 0.15) is 12.5 Å². The molecule has 1 rings (SSSR count). The molecule has 0 saturated heterocycles. The van der Waals surface area contributed by atoms with Crippen molar-refractivity contribution in [1.29, 1.82) is 0 Å². The Morgan fingerprint density at radius 1 is 1.33 bits per heavy atom. The molecule has 4 N–H and O–H groups in total. The highest BCUT2D eigenvalue weighted by Gasteiger charge is 2.13. The van der Waals surface area contributed by atoms with Crippen LogP contribution in [0.4, 0.5) is 5.69 Å². The zero-order chi connectivity index (χ0) is 13.5. The number of aliphatic hydroxyl groups is 2. The van der Waals surface area contributed by atoms with Gasteiger partial charge in [-0.2, -0.15) is 0 Å². The minimum Gasteiger partial charge on any atom is -0.394 e. The molecule has 1 aromatic rings.